The number of hydrogen-bond donors (Lipinski definition) is 1. The first-order valence-electron chi connectivity index (χ1n) is 6.26. The Morgan fingerprint density at radius 2 is 2.22 bits per heavy atom. The van der Waals surface area contributed by atoms with E-state index in [9.17, 15) is 4.39 Å². The summed E-state index contributed by atoms with van der Waals surface area (Å²) in [5.41, 5.74) is 1.01. The van der Waals surface area contributed by atoms with Gasteiger partial charge in [-0.15, -0.1) is 0 Å². The van der Waals surface area contributed by atoms with Crippen LogP contribution in [-0.2, 0) is 6.42 Å². The third kappa shape index (κ3) is 4.86. The molecule has 18 heavy (non-hydrogen) atoms. The molecule has 1 aromatic carbocycles. The summed E-state index contributed by atoms with van der Waals surface area (Å²) < 4.78 is 18.5. The molecule has 1 rings (SSSR count). The van der Waals surface area contributed by atoms with Crippen LogP contribution in [0.1, 0.15) is 18.9 Å². The summed E-state index contributed by atoms with van der Waals surface area (Å²) in [5.74, 6) is 1.06. The number of nitrogens with one attached hydrogen (secondary N) is 1. The first kappa shape index (κ1) is 15.3. The summed E-state index contributed by atoms with van der Waals surface area (Å²) in [4.78, 5) is 0. The number of benzene rings is 1. The SMILES string of the molecule is CCCNC(CSC)Cc1ccc(OC)c(F)c1. The van der Waals surface area contributed by atoms with Gasteiger partial charge in [0.1, 0.15) is 0 Å². The van der Waals surface area contributed by atoms with Crippen LogP contribution in [-0.4, -0.2) is 31.7 Å². The third-order valence-electron chi connectivity index (χ3n) is 2.75. The van der Waals surface area contributed by atoms with Crippen molar-refractivity contribution in [3.05, 3.63) is 29.6 Å². The van der Waals surface area contributed by atoms with Crippen molar-refractivity contribution >= 4 is 11.8 Å². The summed E-state index contributed by atoms with van der Waals surface area (Å²) in [7, 11) is 1.48. The van der Waals surface area contributed by atoms with E-state index in [1.165, 1.54) is 7.11 Å². The predicted molar refractivity (Wildman–Crippen MR) is 77.1 cm³/mol. The Kier molecular flexibility index (Phi) is 7.13. The van der Waals surface area contributed by atoms with Crippen LogP contribution in [0.5, 0.6) is 5.75 Å². The Hall–Kier alpha value is -0.740. The van der Waals surface area contributed by atoms with Gasteiger partial charge < -0.3 is 10.1 Å². The number of ether oxygens (including phenoxy) is 1. The molecule has 0 spiro atoms. The minimum Gasteiger partial charge on any atom is -0.494 e. The van der Waals surface area contributed by atoms with Crippen LogP contribution in [0.4, 0.5) is 4.39 Å². The molecule has 1 atom stereocenters. The fourth-order valence-corrected chi connectivity index (χ4v) is 2.50. The van der Waals surface area contributed by atoms with E-state index in [2.05, 4.69) is 18.5 Å². The van der Waals surface area contributed by atoms with Crippen LogP contribution in [0.15, 0.2) is 18.2 Å². The molecular weight excluding hydrogens is 249 g/mol. The highest BCUT2D eigenvalue weighted by Gasteiger charge is 2.10. The lowest BCUT2D eigenvalue weighted by atomic mass is 10.1. The van der Waals surface area contributed by atoms with Crippen molar-refractivity contribution in [3.63, 3.8) is 0 Å². The fourth-order valence-electron chi connectivity index (χ4n) is 1.86. The van der Waals surface area contributed by atoms with Crippen LogP contribution in [0.25, 0.3) is 0 Å². The molecule has 0 aliphatic heterocycles. The average Bonchev–Trinajstić information content (AvgIpc) is 2.36. The van der Waals surface area contributed by atoms with Crippen LogP contribution in [0.2, 0.25) is 0 Å². The minimum atomic E-state index is -0.284. The van der Waals surface area contributed by atoms with Crippen molar-refractivity contribution in [3.8, 4) is 5.75 Å². The van der Waals surface area contributed by atoms with Gasteiger partial charge in [0.05, 0.1) is 7.11 Å². The van der Waals surface area contributed by atoms with Crippen molar-refractivity contribution in [1.29, 1.82) is 0 Å². The van der Waals surface area contributed by atoms with E-state index in [0.29, 0.717) is 11.8 Å². The summed E-state index contributed by atoms with van der Waals surface area (Å²) in [5, 5.41) is 3.49. The van der Waals surface area contributed by atoms with E-state index >= 15 is 0 Å². The van der Waals surface area contributed by atoms with Gasteiger partial charge in [-0.3, -0.25) is 0 Å². The van der Waals surface area contributed by atoms with Crippen molar-refractivity contribution in [2.75, 3.05) is 25.7 Å². The first-order chi connectivity index (χ1) is 8.71. The zero-order chi connectivity index (χ0) is 13.4. The lowest BCUT2D eigenvalue weighted by Gasteiger charge is -2.17. The van der Waals surface area contributed by atoms with Crippen molar-refractivity contribution in [2.45, 2.75) is 25.8 Å². The molecule has 0 amide bonds. The standard InChI is InChI=1S/C14H22FNOS/c1-4-7-16-12(10-18-3)8-11-5-6-14(17-2)13(15)9-11/h5-6,9,12,16H,4,7-8,10H2,1-3H3. The molecule has 0 fully saturated rings. The zero-order valence-electron chi connectivity index (χ0n) is 11.3. The summed E-state index contributed by atoms with van der Waals surface area (Å²) in [6, 6.07) is 5.59. The molecular formula is C14H22FNOS. The summed E-state index contributed by atoms with van der Waals surface area (Å²) in [6.07, 6.45) is 4.05. The van der Waals surface area contributed by atoms with E-state index in [0.717, 1.165) is 30.7 Å². The van der Waals surface area contributed by atoms with E-state index in [-0.39, 0.29) is 5.82 Å². The third-order valence-corrected chi connectivity index (χ3v) is 3.48. The van der Waals surface area contributed by atoms with Crippen LogP contribution in [0, 0.1) is 5.82 Å². The van der Waals surface area contributed by atoms with Gasteiger partial charge in [0.2, 0.25) is 0 Å². The van der Waals surface area contributed by atoms with Crippen LogP contribution >= 0.6 is 11.8 Å². The summed E-state index contributed by atoms with van der Waals surface area (Å²) >= 11 is 1.81. The minimum absolute atomic E-state index is 0.284. The van der Waals surface area contributed by atoms with Gasteiger partial charge in [-0.25, -0.2) is 4.39 Å². The van der Waals surface area contributed by atoms with Crippen molar-refractivity contribution in [1.82, 2.24) is 5.32 Å². The Morgan fingerprint density at radius 3 is 2.78 bits per heavy atom. The predicted octanol–water partition coefficient (Wildman–Crippen LogP) is 3.11. The van der Waals surface area contributed by atoms with Gasteiger partial charge in [-0.2, -0.15) is 11.8 Å². The van der Waals surface area contributed by atoms with Crippen LogP contribution < -0.4 is 10.1 Å². The van der Waals surface area contributed by atoms with Crippen molar-refractivity contribution in [2.24, 2.45) is 0 Å². The van der Waals surface area contributed by atoms with Gasteiger partial charge in [0, 0.05) is 11.8 Å². The number of thioether (sulfide) groups is 1. The molecule has 0 saturated heterocycles. The molecule has 1 N–H and O–H groups in total. The Balaban J connectivity index is 2.64. The monoisotopic (exact) mass is 271 g/mol. The first-order valence-corrected chi connectivity index (χ1v) is 7.65. The molecule has 4 heteroatoms. The maximum atomic E-state index is 13.6. The maximum Gasteiger partial charge on any atom is 0.165 e. The highest BCUT2D eigenvalue weighted by Crippen LogP contribution is 2.19. The normalized spacial score (nSPS) is 12.4. The highest BCUT2D eigenvalue weighted by molar-refractivity contribution is 7.98. The molecule has 0 bridgehead atoms. The molecule has 102 valence electrons. The van der Waals surface area contributed by atoms with E-state index in [4.69, 9.17) is 4.74 Å². The van der Waals surface area contributed by atoms with Gasteiger partial charge in [0.25, 0.3) is 0 Å². The van der Waals surface area contributed by atoms with Crippen LogP contribution in [0.3, 0.4) is 0 Å². The highest BCUT2D eigenvalue weighted by atomic mass is 32.2. The number of rotatable bonds is 8. The molecule has 0 aromatic heterocycles. The zero-order valence-corrected chi connectivity index (χ0v) is 12.1. The number of halogens is 1. The van der Waals surface area contributed by atoms with E-state index in [1.807, 2.05) is 17.8 Å². The van der Waals surface area contributed by atoms with Gasteiger partial charge in [-0.05, 0) is 43.3 Å². The second kappa shape index (κ2) is 8.38. The molecule has 0 aliphatic rings. The Morgan fingerprint density at radius 1 is 1.44 bits per heavy atom. The van der Waals surface area contributed by atoms with E-state index < -0.39 is 0 Å². The van der Waals surface area contributed by atoms with Gasteiger partial charge in [0.15, 0.2) is 11.6 Å². The molecule has 0 aliphatic carbocycles. The quantitative estimate of drug-likeness (QED) is 0.785. The molecule has 1 unspecified atom stereocenters. The van der Waals surface area contributed by atoms with Gasteiger partial charge in [-0.1, -0.05) is 13.0 Å². The van der Waals surface area contributed by atoms with Gasteiger partial charge >= 0.3 is 0 Å². The Labute approximate surface area is 113 Å². The maximum absolute atomic E-state index is 13.6. The largest absolute Gasteiger partial charge is 0.494 e. The Bertz CT molecular complexity index is 360. The molecule has 0 radical (unpaired) electrons. The molecule has 0 saturated carbocycles. The topological polar surface area (TPSA) is 21.3 Å². The smallest absolute Gasteiger partial charge is 0.165 e. The molecule has 1 aromatic rings. The molecule has 0 heterocycles. The fraction of sp³-hybridized carbons (Fsp3) is 0.571. The summed E-state index contributed by atoms with van der Waals surface area (Å²) in [6.45, 7) is 3.15. The second-order valence-electron chi connectivity index (χ2n) is 4.28. The lowest BCUT2D eigenvalue weighted by molar-refractivity contribution is 0.386. The van der Waals surface area contributed by atoms with Crippen molar-refractivity contribution < 1.29 is 9.13 Å². The number of methoxy groups -OCH3 is 1. The number of hydrogen-bond acceptors (Lipinski definition) is 3. The second-order valence-corrected chi connectivity index (χ2v) is 5.19. The average molecular weight is 271 g/mol. The lowest BCUT2D eigenvalue weighted by Crippen LogP contribution is -2.34. The molecule has 2 nitrogen and oxygen atoms in total. The van der Waals surface area contributed by atoms with E-state index in [1.54, 1.807) is 12.1 Å².